The smallest absolute Gasteiger partial charge is 0.273 e. The van der Waals surface area contributed by atoms with Crippen LogP contribution in [0.2, 0.25) is 0 Å². The Labute approximate surface area is 180 Å². The number of amidine groups is 1. The van der Waals surface area contributed by atoms with Gasteiger partial charge in [-0.05, 0) is 25.5 Å². The fourth-order valence-corrected chi connectivity index (χ4v) is 5.63. The Kier molecular flexibility index (Phi) is 5.95. The number of thiophene rings is 1. The van der Waals surface area contributed by atoms with E-state index in [1.807, 2.05) is 24.8 Å². The first-order chi connectivity index (χ1) is 14.4. The molecule has 4 rings (SSSR count). The van der Waals surface area contributed by atoms with Gasteiger partial charge in [0.25, 0.3) is 5.91 Å². The second-order valence-corrected chi connectivity index (χ2v) is 9.56. The lowest BCUT2D eigenvalue weighted by atomic mass is 9.73. The first-order valence-electron chi connectivity index (χ1n) is 10.5. The molecule has 0 atom stereocenters. The zero-order valence-electron chi connectivity index (χ0n) is 17.6. The summed E-state index contributed by atoms with van der Waals surface area (Å²) in [5.41, 5.74) is 7.87. The first-order valence-corrected chi connectivity index (χ1v) is 11.3. The van der Waals surface area contributed by atoms with Gasteiger partial charge in [0.1, 0.15) is 5.84 Å². The molecule has 2 saturated heterocycles. The van der Waals surface area contributed by atoms with Crippen molar-refractivity contribution >= 4 is 41.3 Å². The highest BCUT2D eigenvalue weighted by atomic mass is 32.1. The number of hydroxylamine groups is 2. The highest BCUT2D eigenvalue weighted by Crippen LogP contribution is 2.41. The van der Waals surface area contributed by atoms with Gasteiger partial charge in [-0.2, -0.15) is 0 Å². The Balaban J connectivity index is 1.45. The summed E-state index contributed by atoms with van der Waals surface area (Å²) in [6.45, 7) is 9.51. The van der Waals surface area contributed by atoms with Crippen molar-refractivity contribution in [2.45, 2.75) is 33.2 Å². The maximum Gasteiger partial charge on any atom is 0.273 e. The molecule has 4 heterocycles. The van der Waals surface area contributed by atoms with Crippen molar-refractivity contribution in [3.63, 3.8) is 0 Å². The van der Waals surface area contributed by atoms with E-state index in [4.69, 9.17) is 10.6 Å². The van der Waals surface area contributed by atoms with Crippen LogP contribution in [0.15, 0.2) is 16.6 Å². The van der Waals surface area contributed by atoms with Gasteiger partial charge < -0.3 is 10.6 Å². The van der Waals surface area contributed by atoms with E-state index in [1.165, 1.54) is 9.94 Å². The second-order valence-electron chi connectivity index (χ2n) is 8.39. The van der Waals surface area contributed by atoms with Gasteiger partial charge in [0.15, 0.2) is 0 Å². The molecule has 8 nitrogen and oxygen atoms in total. The van der Waals surface area contributed by atoms with Crippen molar-refractivity contribution < 1.29 is 14.4 Å². The predicted octanol–water partition coefficient (Wildman–Crippen LogP) is 1.99. The molecule has 3 aliphatic rings. The third-order valence-electron chi connectivity index (χ3n) is 5.67. The molecule has 0 bridgehead atoms. The van der Waals surface area contributed by atoms with Gasteiger partial charge in [0.05, 0.1) is 17.2 Å². The summed E-state index contributed by atoms with van der Waals surface area (Å²) in [6, 6.07) is 2.08. The minimum Gasteiger partial charge on any atom is -0.387 e. The zero-order valence-corrected chi connectivity index (χ0v) is 18.4. The molecule has 0 saturated carbocycles. The summed E-state index contributed by atoms with van der Waals surface area (Å²) in [4.78, 5) is 40.2. The van der Waals surface area contributed by atoms with Gasteiger partial charge in [0.2, 0.25) is 6.41 Å². The molecule has 0 aliphatic carbocycles. The van der Waals surface area contributed by atoms with Crippen LogP contribution in [0, 0.1) is 5.41 Å². The van der Waals surface area contributed by atoms with Crippen molar-refractivity contribution in [1.29, 1.82) is 0 Å². The number of fused-ring (bicyclic) bond motifs is 1. The van der Waals surface area contributed by atoms with Crippen LogP contribution in [-0.2, 0) is 21.0 Å². The van der Waals surface area contributed by atoms with Crippen molar-refractivity contribution in [1.82, 2.24) is 14.9 Å². The summed E-state index contributed by atoms with van der Waals surface area (Å²) in [5.74, 6) is 0.297. The fraction of sp³-hybridized carbons (Fsp3) is 0.571. The quantitative estimate of drug-likeness (QED) is 0.502. The summed E-state index contributed by atoms with van der Waals surface area (Å²) in [5, 5.41) is 1.43. The van der Waals surface area contributed by atoms with Crippen molar-refractivity contribution in [3.8, 4) is 0 Å². The number of carbonyl (C=O) groups is 2. The fourth-order valence-electron chi connectivity index (χ4n) is 4.52. The van der Waals surface area contributed by atoms with Crippen LogP contribution >= 0.6 is 11.3 Å². The summed E-state index contributed by atoms with van der Waals surface area (Å²) < 4.78 is 0. The Morgan fingerprint density at radius 1 is 1.37 bits per heavy atom. The van der Waals surface area contributed by atoms with Crippen LogP contribution in [0.25, 0.3) is 6.08 Å². The number of hydrogen-bond acceptors (Lipinski definition) is 7. The number of hydrogen-bond donors (Lipinski definition) is 1. The number of nitrogens with two attached hydrogens (primary N) is 1. The highest BCUT2D eigenvalue weighted by Gasteiger charge is 2.51. The molecule has 1 aromatic heterocycles. The SMILES string of the molecule is CCCN(OCC)C(=O)C1=Cc2sc(CN3CC4(CN(C=O)C4)C3)cc2N=C(N)C1. The third-order valence-corrected chi connectivity index (χ3v) is 6.72. The van der Waals surface area contributed by atoms with Crippen molar-refractivity contribution in [2.24, 2.45) is 16.1 Å². The molecule has 2 amide bonds. The van der Waals surface area contributed by atoms with E-state index in [9.17, 15) is 9.59 Å². The lowest BCUT2D eigenvalue weighted by molar-refractivity contribution is -0.180. The van der Waals surface area contributed by atoms with E-state index in [0.717, 1.165) is 56.1 Å². The molecule has 1 aromatic rings. The Bertz CT molecular complexity index is 873. The molecule has 0 aromatic carbocycles. The van der Waals surface area contributed by atoms with Gasteiger partial charge in [0, 0.05) is 61.6 Å². The topological polar surface area (TPSA) is 91.5 Å². The van der Waals surface area contributed by atoms with Gasteiger partial charge >= 0.3 is 0 Å². The number of nitrogens with zero attached hydrogens (tertiary/aromatic N) is 4. The lowest BCUT2D eigenvalue weighted by Crippen LogP contribution is -2.71. The monoisotopic (exact) mass is 431 g/mol. The Morgan fingerprint density at radius 2 is 2.13 bits per heavy atom. The standard InChI is InChI=1S/C21H29N5O3S/c1-3-5-26(29-4-2)20(28)15-6-18-17(23-19(22)7-15)8-16(30-18)9-24-10-21(11-24)12-25(13-21)14-27/h6,8,14H,3-5,7,9-13H2,1-2H3,(H2,22,23). The third kappa shape index (κ3) is 4.14. The van der Waals surface area contributed by atoms with E-state index in [2.05, 4.69) is 16.0 Å². The minimum absolute atomic E-state index is 0.144. The van der Waals surface area contributed by atoms with Crippen molar-refractivity contribution in [2.75, 3.05) is 39.3 Å². The predicted molar refractivity (Wildman–Crippen MR) is 117 cm³/mol. The molecule has 3 aliphatic heterocycles. The molecule has 162 valence electrons. The average Bonchev–Trinajstić information content (AvgIpc) is 2.94. The summed E-state index contributed by atoms with van der Waals surface area (Å²) in [6.07, 6.45) is 4.00. The molecular weight excluding hydrogens is 402 g/mol. The molecule has 2 fully saturated rings. The average molecular weight is 432 g/mol. The summed E-state index contributed by atoms with van der Waals surface area (Å²) in [7, 11) is 0. The lowest BCUT2D eigenvalue weighted by Gasteiger charge is -2.59. The van der Waals surface area contributed by atoms with E-state index >= 15 is 0 Å². The molecule has 2 N–H and O–H groups in total. The second kappa shape index (κ2) is 8.49. The zero-order chi connectivity index (χ0) is 21.3. The van der Waals surface area contributed by atoms with E-state index in [1.54, 1.807) is 11.3 Å². The van der Waals surface area contributed by atoms with Crippen LogP contribution in [0.5, 0.6) is 0 Å². The Morgan fingerprint density at radius 3 is 2.80 bits per heavy atom. The van der Waals surface area contributed by atoms with Gasteiger partial charge in [-0.15, -0.1) is 11.3 Å². The van der Waals surface area contributed by atoms with Gasteiger partial charge in [-0.3, -0.25) is 19.3 Å². The number of aliphatic imine (C=N–C) groups is 1. The molecule has 1 spiro atoms. The Hall–Kier alpha value is -2.23. The number of amides is 2. The van der Waals surface area contributed by atoms with E-state index in [0.29, 0.717) is 36.4 Å². The molecule has 9 heteroatoms. The number of rotatable bonds is 8. The van der Waals surface area contributed by atoms with Crippen LogP contribution in [0.3, 0.4) is 0 Å². The van der Waals surface area contributed by atoms with Crippen LogP contribution in [-0.4, -0.2) is 72.3 Å². The molecular formula is C21H29N5O3S. The van der Waals surface area contributed by atoms with Gasteiger partial charge in [-0.25, -0.2) is 10.1 Å². The molecule has 0 unspecified atom stereocenters. The number of likely N-dealkylation sites (tertiary alicyclic amines) is 2. The van der Waals surface area contributed by atoms with Crippen LogP contribution < -0.4 is 5.73 Å². The van der Waals surface area contributed by atoms with Gasteiger partial charge in [-0.1, -0.05) is 6.92 Å². The maximum absolute atomic E-state index is 13.0. The maximum atomic E-state index is 13.0. The van der Waals surface area contributed by atoms with E-state index < -0.39 is 0 Å². The minimum atomic E-state index is -0.144. The van der Waals surface area contributed by atoms with Crippen LogP contribution in [0.4, 0.5) is 5.69 Å². The van der Waals surface area contributed by atoms with E-state index in [-0.39, 0.29) is 5.91 Å². The molecule has 0 radical (unpaired) electrons. The molecule has 30 heavy (non-hydrogen) atoms. The highest BCUT2D eigenvalue weighted by molar-refractivity contribution is 7.13. The first kappa shape index (κ1) is 21.0. The van der Waals surface area contributed by atoms with Crippen molar-refractivity contribution in [3.05, 3.63) is 21.4 Å². The number of carbonyl (C=O) groups excluding carboxylic acids is 2. The summed E-state index contributed by atoms with van der Waals surface area (Å²) >= 11 is 1.66. The largest absolute Gasteiger partial charge is 0.387 e. The van der Waals surface area contributed by atoms with Crippen LogP contribution in [0.1, 0.15) is 36.4 Å². The normalized spacial score (nSPS) is 19.9.